The smallest absolute Gasteiger partial charge is 0.338 e. The monoisotopic (exact) mass is 378 g/mol. The van der Waals surface area contributed by atoms with Gasteiger partial charge in [-0.2, -0.15) is 5.10 Å². The molecule has 1 N–H and O–H groups in total. The molecule has 2 aromatic heterocycles. The number of benzene rings is 1. The number of amides is 1. The second-order valence-electron chi connectivity index (χ2n) is 7.28. The summed E-state index contributed by atoms with van der Waals surface area (Å²) in [4.78, 5) is 28.9. The van der Waals surface area contributed by atoms with Gasteiger partial charge in [-0.15, -0.1) is 0 Å². The van der Waals surface area contributed by atoms with Crippen LogP contribution >= 0.6 is 0 Å². The summed E-state index contributed by atoms with van der Waals surface area (Å²) in [6.07, 6.45) is 3.18. The minimum Gasteiger partial charge on any atom is -0.456 e. The molecule has 3 rings (SSSR count). The lowest BCUT2D eigenvalue weighted by Crippen LogP contribution is -2.23. The molecule has 0 radical (unpaired) electrons. The molecule has 0 spiro atoms. The van der Waals surface area contributed by atoms with E-state index < -0.39 is 11.6 Å². The highest BCUT2D eigenvalue weighted by Gasteiger charge is 2.19. The van der Waals surface area contributed by atoms with Gasteiger partial charge in [0.1, 0.15) is 5.60 Å². The number of carbonyl (C=O) groups excluding carboxylic acids is 2. The molecule has 1 amide bonds. The summed E-state index contributed by atoms with van der Waals surface area (Å²) in [5.74, 6) is -0.0525. The molecular formula is C21H22N4O3. The predicted octanol–water partition coefficient (Wildman–Crippen LogP) is 3.78. The quantitative estimate of drug-likeness (QED) is 0.698. The van der Waals surface area contributed by atoms with Gasteiger partial charge >= 0.3 is 5.97 Å². The van der Waals surface area contributed by atoms with Crippen LogP contribution in [0.5, 0.6) is 0 Å². The van der Waals surface area contributed by atoms with Crippen LogP contribution in [-0.4, -0.2) is 32.2 Å². The van der Waals surface area contributed by atoms with Crippen molar-refractivity contribution in [2.45, 2.75) is 33.3 Å². The number of rotatable bonds is 4. The number of anilines is 1. The molecule has 7 nitrogen and oxygen atoms in total. The fourth-order valence-electron chi connectivity index (χ4n) is 2.57. The number of pyridine rings is 1. The molecule has 0 atom stereocenters. The van der Waals surface area contributed by atoms with Gasteiger partial charge in [-0.25, -0.2) is 14.5 Å². The first-order chi connectivity index (χ1) is 13.2. The van der Waals surface area contributed by atoms with Gasteiger partial charge in [0.15, 0.2) is 5.82 Å². The molecule has 3 aromatic rings. The molecular weight excluding hydrogens is 356 g/mol. The van der Waals surface area contributed by atoms with Crippen molar-refractivity contribution >= 4 is 17.6 Å². The molecule has 0 saturated heterocycles. The Labute approximate surface area is 163 Å². The van der Waals surface area contributed by atoms with Crippen molar-refractivity contribution in [3.63, 3.8) is 0 Å². The maximum Gasteiger partial charge on any atom is 0.338 e. The van der Waals surface area contributed by atoms with E-state index in [0.717, 1.165) is 0 Å². The average molecular weight is 378 g/mol. The minimum atomic E-state index is -0.560. The zero-order valence-corrected chi connectivity index (χ0v) is 16.3. The van der Waals surface area contributed by atoms with E-state index in [9.17, 15) is 9.59 Å². The topological polar surface area (TPSA) is 86.1 Å². The molecule has 0 saturated carbocycles. The van der Waals surface area contributed by atoms with Gasteiger partial charge in [-0.1, -0.05) is 6.07 Å². The van der Waals surface area contributed by atoms with Crippen LogP contribution in [0.25, 0.3) is 5.82 Å². The van der Waals surface area contributed by atoms with E-state index in [0.29, 0.717) is 28.3 Å². The van der Waals surface area contributed by atoms with Crippen molar-refractivity contribution < 1.29 is 14.3 Å². The number of esters is 1. The van der Waals surface area contributed by atoms with Crippen LogP contribution in [0.2, 0.25) is 0 Å². The van der Waals surface area contributed by atoms with E-state index in [1.807, 2.05) is 45.9 Å². The molecule has 1 aromatic carbocycles. The SMILES string of the molecule is Cc1c(C(=O)Nc2ccc(C(=O)OC(C)(C)C)cc2)cnn1-c1ccccn1. The standard InChI is InChI=1S/C21H22N4O3/c1-14-17(13-23-25(14)18-7-5-6-12-22-18)19(26)24-16-10-8-15(9-11-16)20(27)28-21(2,3)4/h5-13H,1-4H3,(H,24,26). The number of nitrogens with one attached hydrogen (secondary N) is 1. The van der Waals surface area contributed by atoms with E-state index in [-0.39, 0.29) is 5.91 Å². The number of nitrogens with zero attached hydrogens (tertiary/aromatic N) is 3. The van der Waals surface area contributed by atoms with Gasteiger partial charge in [0.05, 0.1) is 23.0 Å². The molecule has 0 aliphatic carbocycles. The van der Waals surface area contributed by atoms with Crippen LogP contribution < -0.4 is 5.32 Å². The summed E-state index contributed by atoms with van der Waals surface area (Å²) in [5.41, 5.74) is 1.56. The maximum absolute atomic E-state index is 12.6. The number of ether oxygens (including phenoxy) is 1. The Balaban J connectivity index is 1.72. The largest absolute Gasteiger partial charge is 0.456 e. The summed E-state index contributed by atoms with van der Waals surface area (Å²) in [5, 5.41) is 7.07. The normalized spacial score (nSPS) is 11.1. The second-order valence-corrected chi connectivity index (χ2v) is 7.28. The highest BCUT2D eigenvalue weighted by Crippen LogP contribution is 2.17. The first-order valence-electron chi connectivity index (χ1n) is 8.85. The van der Waals surface area contributed by atoms with Crippen LogP contribution in [-0.2, 0) is 4.74 Å². The maximum atomic E-state index is 12.6. The Morgan fingerprint density at radius 3 is 2.39 bits per heavy atom. The van der Waals surface area contributed by atoms with Gasteiger partial charge in [0.2, 0.25) is 0 Å². The van der Waals surface area contributed by atoms with E-state index in [2.05, 4.69) is 15.4 Å². The Hall–Kier alpha value is -3.48. The van der Waals surface area contributed by atoms with Crippen LogP contribution in [0.4, 0.5) is 5.69 Å². The molecule has 0 fully saturated rings. The van der Waals surface area contributed by atoms with E-state index in [4.69, 9.17) is 4.74 Å². The number of hydrogen-bond acceptors (Lipinski definition) is 5. The zero-order chi connectivity index (χ0) is 20.3. The Kier molecular flexibility index (Phi) is 5.26. The third kappa shape index (κ3) is 4.43. The van der Waals surface area contributed by atoms with Crippen molar-refractivity contribution in [3.8, 4) is 5.82 Å². The summed E-state index contributed by atoms with van der Waals surface area (Å²) in [6.45, 7) is 7.25. The van der Waals surface area contributed by atoms with Gasteiger partial charge in [-0.3, -0.25) is 4.79 Å². The van der Waals surface area contributed by atoms with Crippen molar-refractivity contribution in [2.24, 2.45) is 0 Å². The summed E-state index contributed by atoms with van der Waals surface area (Å²) in [6, 6.07) is 12.1. The first-order valence-corrected chi connectivity index (χ1v) is 8.85. The van der Waals surface area contributed by atoms with Crippen LogP contribution in [0, 0.1) is 6.92 Å². The minimum absolute atomic E-state index is 0.287. The van der Waals surface area contributed by atoms with Gasteiger partial charge < -0.3 is 10.1 Å². The predicted molar refractivity (Wildman–Crippen MR) is 106 cm³/mol. The summed E-state index contributed by atoms with van der Waals surface area (Å²) >= 11 is 0. The number of aromatic nitrogens is 3. The molecule has 28 heavy (non-hydrogen) atoms. The van der Waals surface area contributed by atoms with Gasteiger partial charge in [0.25, 0.3) is 5.91 Å². The highest BCUT2D eigenvalue weighted by molar-refractivity contribution is 6.05. The number of carbonyl (C=O) groups is 2. The van der Waals surface area contributed by atoms with E-state index >= 15 is 0 Å². The highest BCUT2D eigenvalue weighted by atomic mass is 16.6. The third-order valence-electron chi connectivity index (χ3n) is 3.90. The van der Waals surface area contributed by atoms with Crippen molar-refractivity contribution in [1.82, 2.24) is 14.8 Å². The Morgan fingerprint density at radius 1 is 1.07 bits per heavy atom. The van der Waals surface area contributed by atoms with Crippen LogP contribution in [0.15, 0.2) is 54.9 Å². The third-order valence-corrected chi connectivity index (χ3v) is 3.90. The number of hydrogen-bond donors (Lipinski definition) is 1. The lowest BCUT2D eigenvalue weighted by atomic mass is 10.1. The van der Waals surface area contributed by atoms with Crippen molar-refractivity contribution in [1.29, 1.82) is 0 Å². The Bertz CT molecular complexity index is 987. The summed E-state index contributed by atoms with van der Waals surface area (Å²) in [7, 11) is 0. The molecule has 0 bridgehead atoms. The van der Waals surface area contributed by atoms with Crippen LogP contribution in [0.1, 0.15) is 47.2 Å². The molecule has 2 heterocycles. The van der Waals surface area contributed by atoms with Crippen molar-refractivity contribution in [3.05, 3.63) is 71.7 Å². The van der Waals surface area contributed by atoms with Gasteiger partial charge in [-0.05, 0) is 64.1 Å². The molecule has 0 unspecified atom stereocenters. The first kappa shape index (κ1) is 19.3. The molecule has 144 valence electrons. The fourth-order valence-corrected chi connectivity index (χ4v) is 2.57. The van der Waals surface area contributed by atoms with Crippen LogP contribution in [0.3, 0.4) is 0 Å². The van der Waals surface area contributed by atoms with E-state index in [1.54, 1.807) is 35.1 Å². The van der Waals surface area contributed by atoms with E-state index in [1.165, 1.54) is 6.20 Å². The lowest BCUT2D eigenvalue weighted by molar-refractivity contribution is 0.00695. The molecule has 0 aliphatic rings. The Morgan fingerprint density at radius 2 is 1.79 bits per heavy atom. The summed E-state index contributed by atoms with van der Waals surface area (Å²) < 4.78 is 6.94. The van der Waals surface area contributed by atoms with Crippen molar-refractivity contribution in [2.75, 3.05) is 5.32 Å². The molecule has 0 aliphatic heterocycles. The lowest BCUT2D eigenvalue weighted by Gasteiger charge is -2.19. The van der Waals surface area contributed by atoms with Gasteiger partial charge in [0, 0.05) is 11.9 Å². The average Bonchev–Trinajstić information content (AvgIpc) is 3.03. The zero-order valence-electron chi connectivity index (χ0n) is 16.3. The fraction of sp³-hybridized carbons (Fsp3) is 0.238. The second kappa shape index (κ2) is 7.64. The molecule has 7 heteroatoms.